The summed E-state index contributed by atoms with van der Waals surface area (Å²) in [6, 6.07) is 20.4. The lowest BCUT2D eigenvalue weighted by atomic mass is 10.2. The molecule has 3 rings (SSSR count). The number of nitrogens with one attached hydrogen (secondary N) is 2. The van der Waals surface area contributed by atoms with Crippen molar-refractivity contribution in [3.63, 3.8) is 0 Å². The van der Waals surface area contributed by atoms with Crippen LogP contribution < -0.4 is 15.4 Å². The van der Waals surface area contributed by atoms with Crippen LogP contribution in [-0.2, 0) is 11.4 Å². The number of rotatable bonds is 7. The quantitative estimate of drug-likeness (QED) is 0.595. The van der Waals surface area contributed by atoms with E-state index in [9.17, 15) is 9.18 Å². The molecule has 2 N–H and O–H groups in total. The van der Waals surface area contributed by atoms with Crippen LogP contribution in [0.25, 0.3) is 0 Å². The molecule has 0 heterocycles. The third-order valence-corrected chi connectivity index (χ3v) is 4.01. The predicted octanol–water partition coefficient (Wildman–Crippen LogP) is 5.11. The van der Waals surface area contributed by atoms with Crippen molar-refractivity contribution in [1.82, 2.24) is 0 Å². The van der Waals surface area contributed by atoms with Gasteiger partial charge in [-0.1, -0.05) is 23.7 Å². The number of carbonyl (C=O) groups excluding carboxylic acids is 1. The molecule has 0 aliphatic rings. The van der Waals surface area contributed by atoms with Crippen molar-refractivity contribution in [2.45, 2.75) is 6.61 Å². The SMILES string of the molecule is O=C(CNc1ccc(OCc2ccc(Cl)cc2)cc1)Nc1ccc(F)cc1. The Hall–Kier alpha value is -3.05. The maximum Gasteiger partial charge on any atom is 0.243 e. The predicted molar refractivity (Wildman–Crippen MR) is 106 cm³/mol. The summed E-state index contributed by atoms with van der Waals surface area (Å²) in [6.45, 7) is 0.548. The molecule has 0 saturated carbocycles. The molecule has 27 heavy (non-hydrogen) atoms. The van der Waals surface area contributed by atoms with Crippen LogP contribution in [0.2, 0.25) is 5.02 Å². The highest BCUT2D eigenvalue weighted by atomic mass is 35.5. The van der Waals surface area contributed by atoms with Crippen molar-refractivity contribution in [3.8, 4) is 5.75 Å². The third kappa shape index (κ3) is 6.01. The maximum absolute atomic E-state index is 12.9. The summed E-state index contributed by atoms with van der Waals surface area (Å²) in [5.74, 6) is 0.167. The largest absolute Gasteiger partial charge is 0.489 e. The van der Waals surface area contributed by atoms with E-state index in [0.29, 0.717) is 17.3 Å². The third-order valence-electron chi connectivity index (χ3n) is 3.75. The van der Waals surface area contributed by atoms with E-state index in [1.54, 1.807) is 0 Å². The summed E-state index contributed by atoms with van der Waals surface area (Å²) < 4.78 is 18.6. The molecule has 0 unspecified atom stereocenters. The first-order chi connectivity index (χ1) is 13.1. The Morgan fingerprint density at radius 3 is 2.19 bits per heavy atom. The van der Waals surface area contributed by atoms with Crippen LogP contribution in [-0.4, -0.2) is 12.5 Å². The Morgan fingerprint density at radius 2 is 1.52 bits per heavy atom. The highest BCUT2D eigenvalue weighted by Gasteiger charge is 2.03. The number of benzene rings is 3. The minimum absolute atomic E-state index is 0.0996. The second-order valence-corrected chi connectivity index (χ2v) is 6.28. The Kier molecular flexibility index (Phi) is 6.28. The van der Waals surface area contributed by atoms with Crippen molar-refractivity contribution >= 4 is 28.9 Å². The highest BCUT2D eigenvalue weighted by molar-refractivity contribution is 6.30. The van der Waals surface area contributed by atoms with Gasteiger partial charge in [0, 0.05) is 16.4 Å². The van der Waals surface area contributed by atoms with Gasteiger partial charge in [-0.15, -0.1) is 0 Å². The Labute approximate surface area is 161 Å². The van der Waals surface area contributed by atoms with Gasteiger partial charge in [-0.25, -0.2) is 4.39 Å². The van der Waals surface area contributed by atoms with Crippen LogP contribution in [0.5, 0.6) is 5.75 Å². The molecule has 138 valence electrons. The van der Waals surface area contributed by atoms with E-state index in [0.717, 1.165) is 17.0 Å². The van der Waals surface area contributed by atoms with Crippen molar-refractivity contribution in [3.05, 3.63) is 89.2 Å². The van der Waals surface area contributed by atoms with Gasteiger partial charge in [0.1, 0.15) is 18.2 Å². The Morgan fingerprint density at radius 1 is 0.889 bits per heavy atom. The molecule has 0 bridgehead atoms. The maximum atomic E-state index is 12.9. The molecule has 0 saturated heterocycles. The zero-order chi connectivity index (χ0) is 19.1. The first-order valence-corrected chi connectivity index (χ1v) is 8.73. The van der Waals surface area contributed by atoms with Gasteiger partial charge >= 0.3 is 0 Å². The van der Waals surface area contributed by atoms with Gasteiger partial charge in [-0.05, 0) is 66.2 Å². The molecule has 0 fully saturated rings. The number of halogens is 2. The van der Waals surface area contributed by atoms with Gasteiger partial charge in [0.05, 0.1) is 6.54 Å². The number of ether oxygens (including phenoxy) is 1. The standard InChI is InChI=1S/C21H18ClFN2O2/c22-16-3-1-15(2-4-16)14-27-20-11-9-18(10-12-20)24-13-21(26)25-19-7-5-17(23)6-8-19/h1-12,24H,13-14H2,(H,25,26). The molecule has 3 aromatic carbocycles. The van der Waals surface area contributed by atoms with Crippen LogP contribution in [0, 0.1) is 5.82 Å². The van der Waals surface area contributed by atoms with Gasteiger partial charge in [-0.2, -0.15) is 0 Å². The van der Waals surface area contributed by atoms with Crippen LogP contribution in [0.15, 0.2) is 72.8 Å². The monoisotopic (exact) mass is 384 g/mol. The fraction of sp³-hybridized carbons (Fsp3) is 0.0952. The molecule has 0 aliphatic carbocycles. The van der Waals surface area contributed by atoms with E-state index in [1.165, 1.54) is 24.3 Å². The molecule has 0 spiro atoms. The number of hydrogen-bond donors (Lipinski definition) is 2. The van der Waals surface area contributed by atoms with Gasteiger partial charge in [0.25, 0.3) is 0 Å². The zero-order valence-electron chi connectivity index (χ0n) is 14.4. The summed E-state index contributed by atoms with van der Waals surface area (Å²) in [5.41, 5.74) is 2.37. The normalized spacial score (nSPS) is 10.3. The second kappa shape index (κ2) is 9.05. The van der Waals surface area contributed by atoms with Gasteiger partial charge in [0.2, 0.25) is 5.91 Å². The number of hydrogen-bond acceptors (Lipinski definition) is 3. The van der Waals surface area contributed by atoms with E-state index in [4.69, 9.17) is 16.3 Å². The summed E-state index contributed by atoms with van der Waals surface area (Å²) in [7, 11) is 0. The summed E-state index contributed by atoms with van der Waals surface area (Å²) in [4.78, 5) is 11.9. The minimum Gasteiger partial charge on any atom is -0.489 e. The smallest absolute Gasteiger partial charge is 0.243 e. The van der Waals surface area contributed by atoms with E-state index in [-0.39, 0.29) is 18.3 Å². The summed E-state index contributed by atoms with van der Waals surface area (Å²) in [5, 5.41) is 6.41. The Balaban J connectivity index is 1.45. The molecule has 3 aromatic rings. The highest BCUT2D eigenvalue weighted by Crippen LogP contribution is 2.18. The van der Waals surface area contributed by atoms with E-state index >= 15 is 0 Å². The first kappa shape index (κ1) is 18.7. The van der Waals surface area contributed by atoms with Crippen molar-refractivity contribution in [2.75, 3.05) is 17.2 Å². The van der Waals surface area contributed by atoms with Gasteiger partial charge < -0.3 is 15.4 Å². The average Bonchev–Trinajstić information content (AvgIpc) is 2.68. The molecular weight excluding hydrogens is 367 g/mol. The lowest BCUT2D eigenvalue weighted by molar-refractivity contribution is -0.114. The summed E-state index contributed by atoms with van der Waals surface area (Å²) >= 11 is 5.86. The van der Waals surface area contributed by atoms with Crippen molar-refractivity contribution < 1.29 is 13.9 Å². The fourth-order valence-electron chi connectivity index (χ4n) is 2.34. The lowest BCUT2D eigenvalue weighted by Gasteiger charge is -2.10. The molecule has 0 aliphatic heterocycles. The first-order valence-electron chi connectivity index (χ1n) is 8.35. The molecule has 0 atom stereocenters. The number of carbonyl (C=O) groups is 1. The molecule has 0 radical (unpaired) electrons. The van der Waals surface area contributed by atoms with Crippen LogP contribution in [0.4, 0.5) is 15.8 Å². The van der Waals surface area contributed by atoms with E-state index < -0.39 is 0 Å². The lowest BCUT2D eigenvalue weighted by Crippen LogP contribution is -2.21. The molecule has 4 nitrogen and oxygen atoms in total. The van der Waals surface area contributed by atoms with E-state index in [1.807, 2.05) is 48.5 Å². The molecular formula is C21H18ClFN2O2. The van der Waals surface area contributed by atoms with Gasteiger partial charge in [0.15, 0.2) is 0 Å². The van der Waals surface area contributed by atoms with Crippen LogP contribution >= 0.6 is 11.6 Å². The van der Waals surface area contributed by atoms with Crippen molar-refractivity contribution in [1.29, 1.82) is 0 Å². The number of anilines is 2. The fourth-order valence-corrected chi connectivity index (χ4v) is 2.46. The second-order valence-electron chi connectivity index (χ2n) is 5.85. The van der Waals surface area contributed by atoms with Crippen molar-refractivity contribution in [2.24, 2.45) is 0 Å². The Bertz CT molecular complexity index is 882. The topological polar surface area (TPSA) is 50.4 Å². The molecule has 1 amide bonds. The van der Waals surface area contributed by atoms with Crippen LogP contribution in [0.3, 0.4) is 0 Å². The minimum atomic E-state index is -0.343. The number of amides is 1. The molecule has 0 aromatic heterocycles. The van der Waals surface area contributed by atoms with E-state index in [2.05, 4.69) is 10.6 Å². The average molecular weight is 385 g/mol. The summed E-state index contributed by atoms with van der Waals surface area (Å²) in [6.07, 6.45) is 0. The molecule has 6 heteroatoms. The van der Waals surface area contributed by atoms with Crippen LogP contribution in [0.1, 0.15) is 5.56 Å². The van der Waals surface area contributed by atoms with Gasteiger partial charge in [-0.3, -0.25) is 4.79 Å². The zero-order valence-corrected chi connectivity index (χ0v) is 15.2.